The molecule has 138 valence electrons. The third-order valence-electron chi connectivity index (χ3n) is 6.19. The largest absolute Gasteiger partial charge is 0.356 e. The van der Waals surface area contributed by atoms with E-state index in [2.05, 4.69) is 5.32 Å². The molecule has 0 bridgehead atoms. The van der Waals surface area contributed by atoms with Crippen LogP contribution < -0.4 is 10.2 Å². The lowest BCUT2D eigenvalue weighted by atomic mass is 9.89. The third kappa shape index (κ3) is 3.08. The Morgan fingerprint density at radius 1 is 1.15 bits per heavy atom. The molecular formula is C20H25N3O3. The number of hydrogen-bond donors (Lipinski definition) is 1. The second kappa shape index (κ2) is 6.74. The summed E-state index contributed by atoms with van der Waals surface area (Å²) in [6, 6.07) is 7.53. The van der Waals surface area contributed by atoms with Crippen LogP contribution in [0.2, 0.25) is 0 Å². The average molecular weight is 355 g/mol. The van der Waals surface area contributed by atoms with Gasteiger partial charge in [-0.25, -0.2) is 0 Å². The van der Waals surface area contributed by atoms with Crippen molar-refractivity contribution in [3.05, 3.63) is 29.8 Å². The average Bonchev–Trinajstić information content (AvgIpc) is 3.26. The van der Waals surface area contributed by atoms with Crippen molar-refractivity contribution >= 4 is 23.4 Å². The van der Waals surface area contributed by atoms with E-state index in [9.17, 15) is 14.4 Å². The van der Waals surface area contributed by atoms with Gasteiger partial charge in [0.05, 0.1) is 0 Å². The number of rotatable bonds is 3. The second-order valence-electron chi connectivity index (χ2n) is 7.77. The quantitative estimate of drug-likeness (QED) is 0.899. The molecule has 2 aliphatic heterocycles. The number of amides is 3. The van der Waals surface area contributed by atoms with E-state index in [1.807, 2.05) is 36.2 Å². The number of anilines is 1. The van der Waals surface area contributed by atoms with Gasteiger partial charge >= 0.3 is 0 Å². The van der Waals surface area contributed by atoms with Crippen LogP contribution in [0.25, 0.3) is 0 Å². The Hall–Kier alpha value is -2.37. The first-order valence-corrected chi connectivity index (χ1v) is 9.47. The topological polar surface area (TPSA) is 69.7 Å². The molecular weight excluding hydrogens is 330 g/mol. The first-order chi connectivity index (χ1) is 12.5. The highest BCUT2D eigenvalue weighted by Gasteiger charge is 2.40. The van der Waals surface area contributed by atoms with Crippen LogP contribution in [0.5, 0.6) is 0 Å². The SMILES string of the molecule is CN(C(=O)c1ccc(N2CCCC2=O)cc1)[C@H]1C[C@H]2CNC(=O)C[C@H]2C1. The Kier molecular flexibility index (Phi) is 4.42. The van der Waals surface area contributed by atoms with Crippen LogP contribution in [0.3, 0.4) is 0 Å². The summed E-state index contributed by atoms with van der Waals surface area (Å²) < 4.78 is 0. The summed E-state index contributed by atoms with van der Waals surface area (Å²) >= 11 is 0. The smallest absolute Gasteiger partial charge is 0.253 e. The Morgan fingerprint density at radius 3 is 2.58 bits per heavy atom. The van der Waals surface area contributed by atoms with E-state index in [1.54, 1.807) is 4.90 Å². The number of fused-ring (bicyclic) bond motifs is 1. The fourth-order valence-corrected chi connectivity index (χ4v) is 4.63. The van der Waals surface area contributed by atoms with Gasteiger partial charge in [0.1, 0.15) is 0 Å². The highest BCUT2D eigenvalue weighted by atomic mass is 16.2. The van der Waals surface area contributed by atoms with Crippen molar-refractivity contribution in [2.45, 2.75) is 38.1 Å². The number of piperidine rings is 1. The molecule has 2 saturated heterocycles. The lowest BCUT2D eigenvalue weighted by Crippen LogP contribution is -2.38. The molecule has 0 unspecified atom stereocenters. The van der Waals surface area contributed by atoms with E-state index in [1.165, 1.54) is 0 Å². The molecule has 1 aromatic carbocycles. The molecule has 2 heterocycles. The van der Waals surface area contributed by atoms with E-state index >= 15 is 0 Å². The predicted molar refractivity (Wildman–Crippen MR) is 97.8 cm³/mol. The van der Waals surface area contributed by atoms with Gasteiger partial charge < -0.3 is 15.1 Å². The molecule has 6 heteroatoms. The number of nitrogens with zero attached hydrogens (tertiary/aromatic N) is 2. The summed E-state index contributed by atoms with van der Waals surface area (Å²) in [6.07, 6.45) is 3.93. The molecule has 4 rings (SSSR count). The van der Waals surface area contributed by atoms with Gasteiger partial charge in [-0.1, -0.05) is 0 Å². The molecule has 1 saturated carbocycles. The van der Waals surface area contributed by atoms with Gasteiger partial charge in [-0.15, -0.1) is 0 Å². The summed E-state index contributed by atoms with van der Waals surface area (Å²) in [6.45, 7) is 1.49. The summed E-state index contributed by atoms with van der Waals surface area (Å²) in [5.74, 6) is 1.17. The minimum Gasteiger partial charge on any atom is -0.356 e. The zero-order valence-corrected chi connectivity index (χ0v) is 15.1. The molecule has 26 heavy (non-hydrogen) atoms. The molecule has 0 aromatic heterocycles. The Balaban J connectivity index is 1.42. The monoisotopic (exact) mass is 355 g/mol. The number of nitrogens with one attached hydrogen (secondary N) is 1. The van der Waals surface area contributed by atoms with Gasteiger partial charge in [-0.3, -0.25) is 14.4 Å². The zero-order valence-electron chi connectivity index (χ0n) is 15.1. The highest BCUT2D eigenvalue weighted by Crippen LogP contribution is 2.38. The number of carbonyl (C=O) groups excluding carboxylic acids is 3. The summed E-state index contributed by atoms with van der Waals surface area (Å²) in [5, 5.41) is 2.94. The van der Waals surface area contributed by atoms with Crippen LogP contribution in [-0.4, -0.2) is 48.8 Å². The molecule has 3 fully saturated rings. The van der Waals surface area contributed by atoms with E-state index in [0.717, 1.165) is 38.0 Å². The maximum Gasteiger partial charge on any atom is 0.253 e. The van der Waals surface area contributed by atoms with Crippen LogP contribution >= 0.6 is 0 Å². The molecule has 3 atom stereocenters. The van der Waals surface area contributed by atoms with Gasteiger partial charge in [-0.05, 0) is 55.4 Å². The van der Waals surface area contributed by atoms with Crippen LogP contribution in [0.15, 0.2) is 24.3 Å². The van der Waals surface area contributed by atoms with Crippen molar-refractivity contribution in [3.63, 3.8) is 0 Å². The molecule has 1 aromatic rings. The van der Waals surface area contributed by atoms with Gasteiger partial charge in [0, 0.05) is 50.3 Å². The highest BCUT2D eigenvalue weighted by molar-refractivity contribution is 5.97. The predicted octanol–water partition coefficient (Wildman–Crippen LogP) is 1.80. The van der Waals surface area contributed by atoms with E-state index in [-0.39, 0.29) is 23.8 Å². The van der Waals surface area contributed by atoms with Crippen LogP contribution in [0.1, 0.15) is 42.5 Å². The molecule has 0 spiro atoms. The molecule has 6 nitrogen and oxygen atoms in total. The minimum atomic E-state index is 0.00670. The Morgan fingerprint density at radius 2 is 1.88 bits per heavy atom. The Labute approximate surface area is 153 Å². The van der Waals surface area contributed by atoms with Gasteiger partial charge in [0.2, 0.25) is 11.8 Å². The standard InChI is InChI=1S/C20H25N3O3/c1-22(17-9-14-11-18(24)21-12-15(14)10-17)20(26)13-4-6-16(7-5-13)23-8-2-3-19(23)25/h4-7,14-15,17H,2-3,8-12H2,1H3,(H,21,24)/t14-,15+,17-/m1/s1. The van der Waals surface area contributed by atoms with Gasteiger partial charge in [0.25, 0.3) is 5.91 Å². The molecule has 0 radical (unpaired) electrons. The lowest BCUT2D eigenvalue weighted by molar-refractivity contribution is -0.124. The maximum atomic E-state index is 12.9. The van der Waals surface area contributed by atoms with Crippen molar-refractivity contribution in [1.29, 1.82) is 0 Å². The van der Waals surface area contributed by atoms with Crippen LogP contribution in [0, 0.1) is 11.8 Å². The van der Waals surface area contributed by atoms with Crippen molar-refractivity contribution in [3.8, 4) is 0 Å². The van der Waals surface area contributed by atoms with Crippen LogP contribution in [-0.2, 0) is 9.59 Å². The first kappa shape index (κ1) is 17.1. The summed E-state index contributed by atoms with van der Waals surface area (Å²) in [4.78, 5) is 39.9. The van der Waals surface area contributed by atoms with Crippen molar-refractivity contribution < 1.29 is 14.4 Å². The molecule has 3 amide bonds. The van der Waals surface area contributed by atoms with E-state index in [4.69, 9.17) is 0 Å². The van der Waals surface area contributed by atoms with E-state index < -0.39 is 0 Å². The van der Waals surface area contributed by atoms with Gasteiger partial charge in [-0.2, -0.15) is 0 Å². The Bertz CT molecular complexity index is 730. The van der Waals surface area contributed by atoms with Crippen molar-refractivity contribution in [2.24, 2.45) is 11.8 Å². The number of benzene rings is 1. The minimum absolute atomic E-state index is 0.00670. The normalized spacial score (nSPS) is 28.0. The van der Waals surface area contributed by atoms with Crippen molar-refractivity contribution in [1.82, 2.24) is 10.2 Å². The van der Waals surface area contributed by atoms with Crippen LogP contribution in [0.4, 0.5) is 5.69 Å². The second-order valence-corrected chi connectivity index (χ2v) is 7.77. The van der Waals surface area contributed by atoms with Gasteiger partial charge in [0.15, 0.2) is 0 Å². The zero-order chi connectivity index (χ0) is 18.3. The first-order valence-electron chi connectivity index (χ1n) is 9.47. The molecule has 1 N–H and O–H groups in total. The third-order valence-corrected chi connectivity index (χ3v) is 6.19. The number of hydrogen-bond acceptors (Lipinski definition) is 3. The van der Waals surface area contributed by atoms with E-state index in [0.29, 0.717) is 30.2 Å². The van der Waals surface area contributed by atoms with Crippen molar-refractivity contribution in [2.75, 3.05) is 25.0 Å². The fourth-order valence-electron chi connectivity index (χ4n) is 4.63. The maximum absolute atomic E-state index is 12.9. The number of carbonyl (C=O) groups is 3. The fraction of sp³-hybridized carbons (Fsp3) is 0.550. The summed E-state index contributed by atoms with van der Waals surface area (Å²) in [7, 11) is 1.86. The lowest BCUT2D eigenvalue weighted by Gasteiger charge is -2.25. The summed E-state index contributed by atoms with van der Waals surface area (Å²) in [5.41, 5.74) is 1.51. The molecule has 3 aliphatic rings. The molecule has 1 aliphatic carbocycles.